The van der Waals surface area contributed by atoms with Crippen molar-refractivity contribution in [2.75, 3.05) is 31.2 Å². The van der Waals surface area contributed by atoms with Crippen LogP contribution in [0.25, 0.3) is 0 Å². The highest BCUT2D eigenvalue weighted by molar-refractivity contribution is 6.06. The van der Waals surface area contributed by atoms with Crippen molar-refractivity contribution in [3.63, 3.8) is 0 Å². The zero-order chi connectivity index (χ0) is 26.4. The first-order chi connectivity index (χ1) is 17.8. The summed E-state index contributed by atoms with van der Waals surface area (Å²) in [6, 6.07) is 5.06. The summed E-state index contributed by atoms with van der Waals surface area (Å²) in [5, 5.41) is 9.37. The fourth-order valence-electron chi connectivity index (χ4n) is 6.59. The van der Waals surface area contributed by atoms with Crippen LogP contribution in [0, 0.1) is 25.7 Å². The number of hydrogen-bond acceptors (Lipinski definition) is 6. The maximum atomic E-state index is 14.5. The number of fused-ring (bicyclic) bond motifs is 2. The molecular formula is C29H36N2O6. The molecule has 0 saturated carbocycles. The number of anilines is 1. The van der Waals surface area contributed by atoms with Crippen LogP contribution in [0.5, 0.6) is 0 Å². The van der Waals surface area contributed by atoms with E-state index in [4.69, 9.17) is 9.47 Å². The van der Waals surface area contributed by atoms with Crippen molar-refractivity contribution in [2.24, 2.45) is 11.8 Å². The number of nitrogens with zero attached hydrogens (tertiary/aromatic N) is 2. The number of aliphatic hydroxyl groups excluding tert-OH is 1. The second kappa shape index (κ2) is 9.72. The van der Waals surface area contributed by atoms with Gasteiger partial charge in [0.25, 0.3) is 5.91 Å². The number of benzene rings is 1. The molecule has 4 aliphatic heterocycles. The molecule has 37 heavy (non-hydrogen) atoms. The number of amides is 2. The third kappa shape index (κ3) is 3.92. The Bertz CT molecular complexity index is 1160. The fraction of sp³-hybridized carbons (Fsp3) is 0.552. The van der Waals surface area contributed by atoms with E-state index in [1.54, 1.807) is 9.80 Å². The van der Waals surface area contributed by atoms with E-state index in [2.05, 4.69) is 0 Å². The number of cyclic esters (lactones) is 1. The lowest BCUT2D eigenvalue weighted by atomic mass is 9.73. The first-order valence-corrected chi connectivity index (χ1v) is 13.3. The first-order valence-electron chi connectivity index (χ1n) is 13.3. The summed E-state index contributed by atoms with van der Waals surface area (Å²) >= 11 is 0. The summed E-state index contributed by atoms with van der Waals surface area (Å²) in [5.41, 5.74) is 0.457. The molecule has 0 aromatic heterocycles. The number of carbonyl (C=O) groups excluding carboxylic acids is 3. The van der Waals surface area contributed by atoms with Gasteiger partial charge in [0.1, 0.15) is 23.2 Å². The Morgan fingerprint density at radius 3 is 2.62 bits per heavy atom. The number of likely N-dealkylation sites (tertiary alicyclic amines) is 1. The summed E-state index contributed by atoms with van der Waals surface area (Å²) in [6.07, 6.45) is 9.70. The number of esters is 1. The molecule has 1 aromatic rings. The van der Waals surface area contributed by atoms with Crippen molar-refractivity contribution in [1.82, 2.24) is 4.90 Å². The minimum absolute atomic E-state index is 0.00107. The molecule has 5 rings (SSSR count). The SMILES string of the molecule is CC[C@]12C=CCCOC(=O)[C@H]1[C@H]1C(=O)N(CCCCO)C3C(=O)N(c4cc(C)ccc4C)CC=C[C@@]31O2. The van der Waals surface area contributed by atoms with E-state index in [1.165, 1.54) is 0 Å². The van der Waals surface area contributed by atoms with Gasteiger partial charge in [-0.2, -0.15) is 0 Å². The van der Waals surface area contributed by atoms with E-state index >= 15 is 0 Å². The third-order valence-corrected chi connectivity index (χ3v) is 8.36. The molecule has 2 amide bonds. The molecule has 1 aromatic carbocycles. The molecule has 8 nitrogen and oxygen atoms in total. The molecule has 2 saturated heterocycles. The number of aryl methyl sites for hydroxylation is 2. The van der Waals surface area contributed by atoms with Gasteiger partial charge >= 0.3 is 5.97 Å². The van der Waals surface area contributed by atoms with Gasteiger partial charge in [0.15, 0.2) is 0 Å². The van der Waals surface area contributed by atoms with Gasteiger partial charge in [-0.15, -0.1) is 0 Å². The van der Waals surface area contributed by atoms with Crippen LogP contribution in [0.2, 0.25) is 0 Å². The highest BCUT2D eigenvalue weighted by atomic mass is 16.6. The molecule has 0 bridgehead atoms. The van der Waals surface area contributed by atoms with Crippen molar-refractivity contribution in [2.45, 2.75) is 63.7 Å². The van der Waals surface area contributed by atoms with Crippen LogP contribution in [0.4, 0.5) is 5.69 Å². The van der Waals surface area contributed by atoms with Gasteiger partial charge in [-0.25, -0.2) is 0 Å². The van der Waals surface area contributed by atoms with Crippen LogP contribution < -0.4 is 4.90 Å². The minimum atomic E-state index is -1.30. The van der Waals surface area contributed by atoms with Crippen molar-refractivity contribution in [1.29, 1.82) is 0 Å². The van der Waals surface area contributed by atoms with E-state index < -0.39 is 35.0 Å². The summed E-state index contributed by atoms with van der Waals surface area (Å²) in [5.74, 6) is -2.67. The van der Waals surface area contributed by atoms with Crippen LogP contribution in [0.3, 0.4) is 0 Å². The molecule has 1 unspecified atom stereocenters. The Morgan fingerprint density at radius 1 is 1.05 bits per heavy atom. The Balaban J connectivity index is 1.66. The summed E-state index contributed by atoms with van der Waals surface area (Å²) in [4.78, 5) is 45.4. The predicted octanol–water partition coefficient (Wildman–Crippen LogP) is 2.84. The summed E-state index contributed by atoms with van der Waals surface area (Å²) < 4.78 is 12.5. The quantitative estimate of drug-likeness (QED) is 0.361. The van der Waals surface area contributed by atoms with Gasteiger partial charge < -0.3 is 24.4 Å². The third-order valence-electron chi connectivity index (χ3n) is 8.36. The van der Waals surface area contributed by atoms with Crippen LogP contribution in [-0.2, 0) is 23.9 Å². The second-order valence-electron chi connectivity index (χ2n) is 10.6. The van der Waals surface area contributed by atoms with Gasteiger partial charge in [0, 0.05) is 25.4 Å². The topological polar surface area (TPSA) is 96.4 Å². The molecule has 4 aliphatic rings. The van der Waals surface area contributed by atoms with Crippen molar-refractivity contribution < 1.29 is 29.0 Å². The number of carbonyl (C=O) groups is 3. The molecule has 1 spiro atoms. The molecule has 198 valence electrons. The largest absolute Gasteiger partial charge is 0.465 e. The maximum absolute atomic E-state index is 14.5. The van der Waals surface area contributed by atoms with E-state index in [0.29, 0.717) is 38.8 Å². The fourth-order valence-corrected chi connectivity index (χ4v) is 6.59. The zero-order valence-corrected chi connectivity index (χ0v) is 21.8. The van der Waals surface area contributed by atoms with Gasteiger partial charge in [0.05, 0.1) is 12.5 Å². The average molecular weight is 509 g/mol. The number of hydrogen-bond donors (Lipinski definition) is 1. The summed E-state index contributed by atoms with van der Waals surface area (Å²) in [6.45, 7) is 6.76. The Hall–Kier alpha value is -2.97. The van der Waals surface area contributed by atoms with E-state index in [-0.39, 0.29) is 25.0 Å². The van der Waals surface area contributed by atoms with Crippen molar-refractivity contribution in [3.05, 3.63) is 53.6 Å². The number of ether oxygens (including phenoxy) is 2. The standard InChI is InChI=1S/C29H36N2O6/c1-4-28-12-5-8-17-36-27(35)23(28)22-25(33)31(14-6-7-16-32)24-26(34)30(15-9-13-29(22,24)37-28)21-18-19(2)10-11-20(21)3/h5,9-13,18,22-24,32H,4,6-8,14-17H2,1-3H3/t22-,23+,24?,28-,29-/m0/s1. The average Bonchev–Trinajstić information content (AvgIpc) is 3.21. The predicted molar refractivity (Wildman–Crippen MR) is 138 cm³/mol. The highest BCUT2D eigenvalue weighted by Crippen LogP contribution is 2.58. The highest BCUT2D eigenvalue weighted by Gasteiger charge is 2.75. The van der Waals surface area contributed by atoms with Crippen LogP contribution >= 0.6 is 0 Å². The van der Waals surface area contributed by atoms with E-state index in [1.807, 2.05) is 63.3 Å². The molecule has 2 fully saturated rings. The zero-order valence-electron chi connectivity index (χ0n) is 21.8. The van der Waals surface area contributed by atoms with Crippen LogP contribution in [0.15, 0.2) is 42.5 Å². The molecule has 1 N–H and O–H groups in total. The first kappa shape index (κ1) is 25.7. The maximum Gasteiger partial charge on any atom is 0.313 e. The number of unbranched alkanes of at least 4 members (excludes halogenated alkanes) is 1. The molecule has 4 heterocycles. The molecule has 0 radical (unpaired) electrons. The Morgan fingerprint density at radius 2 is 1.86 bits per heavy atom. The lowest BCUT2D eigenvalue weighted by molar-refractivity contribution is -0.160. The van der Waals surface area contributed by atoms with Gasteiger partial charge in [-0.1, -0.05) is 43.4 Å². The molecular weight excluding hydrogens is 472 g/mol. The number of aliphatic hydroxyl groups is 1. The van der Waals surface area contributed by atoms with Crippen LogP contribution in [0.1, 0.15) is 43.7 Å². The minimum Gasteiger partial charge on any atom is -0.465 e. The van der Waals surface area contributed by atoms with Gasteiger partial charge in [-0.05, 0) is 56.7 Å². The van der Waals surface area contributed by atoms with Gasteiger partial charge in [-0.3, -0.25) is 14.4 Å². The molecule has 0 aliphatic carbocycles. The Kier molecular flexibility index (Phi) is 6.75. The lowest BCUT2D eigenvalue weighted by Gasteiger charge is -2.39. The molecule has 8 heteroatoms. The second-order valence-corrected chi connectivity index (χ2v) is 10.6. The summed E-state index contributed by atoms with van der Waals surface area (Å²) in [7, 11) is 0. The van der Waals surface area contributed by atoms with Crippen molar-refractivity contribution >= 4 is 23.5 Å². The normalized spacial score (nSPS) is 33.0. The van der Waals surface area contributed by atoms with Crippen molar-refractivity contribution in [3.8, 4) is 0 Å². The smallest absolute Gasteiger partial charge is 0.313 e. The monoisotopic (exact) mass is 508 g/mol. The van der Waals surface area contributed by atoms with Gasteiger partial charge in [0.2, 0.25) is 5.91 Å². The lowest BCUT2D eigenvalue weighted by Crippen LogP contribution is -2.56. The molecule has 5 atom stereocenters. The number of rotatable bonds is 6. The van der Waals surface area contributed by atoms with E-state index in [0.717, 1.165) is 16.8 Å². The van der Waals surface area contributed by atoms with Crippen LogP contribution in [-0.4, -0.2) is 71.3 Å². The Labute approximate surface area is 217 Å². The van der Waals surface area contributed by atoms with E-state index in [9.17, 15) is 19.5 Å².